The van der Waals surface area contributed by atoms with E-state index in [0.29, 0.717) is 4.52 Å². The molecule has 0 aliphatic rings. The number of carbonyl (C=O) groups excluding carboxylic acids is 1. The molecule has 0 saturated heterocycles. The largest absolute Gasteiger partial charge is 0.433 e. The first-order valence-electron chi connectivity index (χ1n) is 7.87. The number of amides is 1. The minimum absolute atomic E-state index is 0.0544. The number of nitrogens with zero attached hydrogens (tertiary/aromatic N) is 4. The quantitative estimate of drug-likeness (QED) is 0.653. The lowest BCUT2D eigenvalue weighted by Crippen LogP contribution is -2.20. The van der Waals surface area contributed by atoms with Crippen LogP contribution in [0.1, 0.15) is 42.6 Å². The predicted octanol–water partition coefficient (Wildman–Crippen LogP) is 4.35. The number of rotatable bonds is 2. The molecular weight excluding hydrogens is 383 g/mol. The lowest BCUT2D eigenvalue weighted by atomic mass is 9.91. The van der Waals surface area contributed by atoms with E-state index < -0.39 is 23.2 Å². The lowest BCUT2D eigenvalue weighted by molar-refractivity contribution is -0.142. The van der Waals surface area contributed by atoms with Gasteiger partial charge in [0.2, 0.25) is 0 Å². The molecule has 3 aromatic rings. The van der Waals surface area contributed by atoms with Crippen LogP contribution in [-0.4, -0.2) is 25.5 Å². The predicted molar refractivity (Wildman–Crippen MR) is 93.9 cm³/mol. The average Bonchev–Trinajstić information content (AvgIpc) is 2.98. The molecule has 1 amide bonds. The van der Waals surface area contributed by atoms with Crippen LogP contribution >= 0.6 is 11.6 Å². The third-order valence-electron chi connectivity index (χ3n) is 3.73. The summed E-state index contributed by atoms with van der Waals surface area (Å²) >= 11 is 5.88. The molecule has 10 heteroatoms. The van der Waals surface area contributed by atoms with Crippen molar-refractivity contribution in [1.29, 1.82) is 0 Å². The Morgan fingerprint density at radius 2 is 1.93 bits per heavy atom. The zero-order valence-corrected chi connectivity index (χ0v) is 15.4. The molecular formula is C17H15ClF3N5O. The molecule has 3 rings (SSSR count). The van der Waals surface area contributed by atoms with Gasteiger partial charge < -0.3 is 5.32 Å². The van der Waals surface area contributed by atoms with E-state index in [2.05, 4.69) is 20.4 Å². The van der Waals surface area contributed by atoms with Gasteiger partial charge in [-0.3, -0.25) is 4.79 Å². The first-order valence-corrected chi connectivity index (χ1v) is 8.25. The summed E-state index contributed by atoms with van der Waals surface area (Å²) in [6.07, 6.45) is -3.22. The van der Waals surface area contributed by atoms with E-state index in [1.165, 1.54) is 18.3 Å². The second-order valence-corrected chi connectivity index (χ2v) is 7.23. The number of anilines is 1. The van der Waals surface area contributed by atoms with Crippen LogP contribution in [-0.2, 0) is 11.6 Å². The van der Waals surface area contributed by atoms with E-state index in [0.717, 1.165) is 6.07 Å². The Labute approximate surface area is 157 Å². The molecule has 6 nitrogen and oxygen atoms in total. The van der Waals surface area contributed by atoms with Crippen LogP contribution in [0.2, 0.25) is 5.15 Å². The highest BCUT2D eigenvalue weighted by molar-refractivity contribution is 6.32. The minimum atomic E-state index is -4.66. The monoisotopic (exact) mass is 397 g/mol. The maximum absolute atomic E-state index is 13.5. The molecule has 0 atom stereocenters. The van der Waals surface area contributed by atoms with Gasteiger partial charge in [0.25, 0.3) is 5.91 Å². The number of aromatic nitrogens is 4. The average molecular weight is 398 g/mol. The summed E-state index contributed by atoms with van der Waals surface area (Å²) in [5, 5.41) is 6.31. The summed E-state index contributed by atoms with van der Waals surface area (Å²) in [5.41, 5.74) is -1.45. The van der Waals surface area contributed by atoms with Crippen molar-refractivity contribution >= 4 is 28.8 Å². The number of fused-ring (bicyclic) bond motifs is 1. The van der Waals surface area contributed by atoms with E-state index >= 15 is 0 Å². The third kappa shape index (κ3) is 3.87. The van der Waals surface area contributed by atoms with Gasteiger partial charge in [0.15, 0.2) is 16.5 Å². The van der Waals surface area contributed by atoms with Crippen molar-refractivity contribution < 1.29 is 18.0 Å². The molecule has 0 saturated carbocycles. The fourth-order valence-electron chi connectivity index (χ4n) is 2.34. The smallest absolute Gasteiger partial charge is 0.318 e. The van der Waals surface area contributed by atoms with Crippen molar-refractivity contribution in [2.45, 2.75) is 32.4 Å². The summed E-state index contributed by atoms with van der Waals surface area (Å²) in [4.78, 5) is 20.4. The maximum atomic E-state index is 13.5. The van der Waals surface area contributed by atoms with Gasteiger partial charge in [0.05, 0.1) is 11.4 Å². The van der Waals surface area contributed by atoms with Crippen LogP contribution in [0.15, 0.2) is 30.5 Å². The number of carbonyl (C=O) groups is 1. The molecule has 0 fully saturated rings. The van der Waals surface area contributed by atoms with Crippen LogP contribution in [0.4, 0.5) is 18.9 Å². The van der Waals surface area contributed by atoms with Crippen LogP contribution in [0.5, 0.6) is 0 Å². The van der Waals surface area contributed by atoms with Gasteiger partial charge >= 0.3 is 6.18 Å². The number of pyridine rings is 1. The lowest BCUT2D eigenvalue weighted by Gasteiger charge is -2.19. The second-order valence-electron chi connectivity index (χ2n) is 6.87. The van der Waals surface area contributed by atoms with Crippen LogP contribution in [0, 0.1) is 0 Å². The Hall–Kier alpha value is -2.68. The minimum Gasteiger partial charge on any atom is -0.318 e. The van der Waals surface area contributed by atoms with Gasteiger partial charge in [-0.05, 0) is 18.2 Å². The zero-order valence-electron chi connectivity index (χ0n) is 14.6. The second kappa shape index (κ2) is 6.49. The molecule has 0 unspecified atom stereocenters. The van der Waals surface area contributed by atoms with Crippen LogP contribution in [0.3, 0.4) is 0 Å². The van der Waals surface area contributed by atoms with E-state index in [1.807, 2.05) is 0 Å². The highest BCUT2D eigenvalue weighted by Crippen LogP contribution is 2.32. The standard InChI is InChI=1S/C17H15ClF3N5O/c1-16(2,3)11-8-12(17(19,20)21)26-13(24-11)7-10(25-26)15(27)23-9-5-4-6-22-14(9)18/h4-8H,1-3H3,(H,23,27). The van der Waals surface area contributed by atoms with E-state index in [4.69, 9.17) is 11.6 Å². The number of halogens is 4. The summed E-state index contributed by atoms with van der Waals surface area (Å²) in [6.45, 7) is 5.25. The molecule has 0 bridgehead atoms. The number of hydrogen-bond donors (Lipinski definition) is 1. The molecule has 0 spiro atoms. The number of alkyl halides is 3. The van der Waals surface area contributed by atoms with Gasteiger partial charge in [-0.2, -0.15) is 18.3 Å². The first-order chi connectivity index (χ1) is 12.5. The Morgan fingerprint density at radius 3 is 2.52 bits per heavy atom. The van der Waals surface area contributed by atoms with Crippen molar-refractivity contribution in [1.82, 2.24) is 19.6 Å². The highest BCUT2D eigenvalue weighted by Gasteiger charge is 2.36. The van der Waals surface area contributed by atoms with E-state index in [9.17, 15) is 18.0 Å². The Bertz CT molecular complexity index is 1020. The van der Waals surface area contributed by atoms with Crippen molar-refractivity contribution in [2.24, 2.45) is 0 Å². The molecule has 0 aliphatic heterocycles. The van der Waals surface area contributed by atoms with Gasteiger partial charge in [-0.1, -0.05) is 32.4 Å². The number of nitrogens with one attached hydrogen (secondary N) is 1. The molecule has 3 heterocycles. The molecule has 142 valence electrons. The van der Waals surface area contributed by atoms with Gasteiger partial charge in [-0.15, -0.1) is 0 Å². The topological polar surface area (TPSA) is 72.2 Å². The van der Waals surface area contributed by atoms with Crippen molar-refractivity contribution in [3.63, 3.8) is 0 Å². The summed E-state index contributed by atoms with van der Waals surface area (Å²) in [6, 6.07) is 5.22. The van der Waals surface area contributed by atoms with Crippen molar-refractivity contribution in [3.8, 4) is 0 Å². The van der Waals surface area contributed by atoms with Crippen LogP contribution in [0.25, 0.3) is 5.65 Å². The normalized spacial score (nSPS) is 12.4. The molecule has 0 radical (unpaired) electrons. The van der Waals surface area contributed by atoms with Crippen molar-refractivity contribution in [3.05, 3.63) is 52.7 Å². The molecule has 27 heavy (non-hydrogen) atoms. The first kappa shape index (κ1) is 19.1. The SMILES string of the molecule is CC(C)(C)c1cc(C(F)(F)F)n2nc(C(=O)Nc3cccnc3Cl)cc2n1. The summed E-state index contributed by atoms with van der Waals surface area (Å²) < 4.78 is 41.1. The van der Waals surface area contributed by atoms with Gasteiger partial charge in [0.1, 0.15) is 5.69 Å². The van der Waals surface area contributed by atoms with Crippen molar-refractivity contribution in [2.75, 3.05) is 5.32 Å². The Kier molecular flexibility index (Phi) is 4.59. The molecule has 1 N–H and O–H groups in total. The molecule has 0 aromatic carbocycles. The fraction of sp³-hybridized carbons (Fsp3) is 0.294. The van der Waals surface area contributed by atoms with Gasteiger partial charge in [0, 0.05) is 17.7 Å². The fourth-order valence-corrected chi connectivity index (χ4v) is 2.50. The Morgan fingerprint density at radius 1 is 1.22 bits per heavy atom. The Balaban J connectivity index is 2.08. The summed E-state index contributed by atoms with van der Waals surface area (Å²) in [5.74, 6) is -0.721. The molecule has 3 aromatic heterocycles. The van der Waals surface area contributed by atoms with Crippen LogP contribution < -0.4 is 5.32 Å². The molecule has 0 aliphatic carbocycles. The number of hydrogen-bond acceptors (Lipinski definition) is 4. The summed E-state index contributed by atoms with van der Waals surface area (Å²) in [7, 11) is 0. The van der Waals surface area contributed by atoms with Gasteiger partial charge in [-0.25, -0.2) is 14.5 Å². The van der Waals surface area contributed by atoms with E-state index in [-0.39, 0.29) is 27.9 Å². The van der Waals surface area contributed by atoms with E-state index in [1.54, 1.807) is 26.8 Å². The highest BCUT2D eigenvalue weighted by atomic mass is 35.5. The maximum Gasteiger partial charge on any atom is 0.433 e. The zero-order chi connectivity index (χ0) is 20.0. The third-order valence-corrected chi connectivity index (χ3v) is 4.03.